The summed E-state index contributed by atoms with van der Waals surface area (Å²) in [6.45, 7) is 11.9. The monoisotopic (exact) mass is 694 g/mol. The van der Waals surface area contributed by atoms with E-state index in [-0.39, 0.29) is 32.5 Å². The maximum Gasteiger partial charge on any atom is 0.0450 e. The van der Waals surface area contributed by atoms with Crippen LogP contribution in [0.25, 0.3) is 21.5 Å². The first-order valence-electron chi connectivity index (χ1n) is 16.2. The van der Waals surface area contributed by atoms with Gasteiger partial charge < -0.3 is 15.2 Å². The molecule has 1 unspecified atom stereocenters. The van der Waals surface area contributed by atoms with E-state index in [9.17, 15) is 0 Å². The standard InChI is InChI=1S/C22H25N3.3C7H7.Zr/c1-3-9-18(10-4-1)17-23-22(24-20-12-5-2-6-13-20)25-16-15-19-11-7-8-14-21(19)25;3*1-7-5-3-2-4-6-7;/h1,3-4,7-11,14-16,20,22H,2,5-6,12-13,17H2;3*2-6H,1H2;/q-2;3*-1;. The van der Waals surface area contributed by atoms with Gasteiger partial charge in [0, 0.05) is 37.9 Å². The largest absolute Gasteiger partial charge is 0.658 e. The molecule has 0 bridgehead atoms. The fourth-order valence-electron chi connectivity index (χ4n) is 5.14. The molecule has 1 saturated carbocycles. The van der Waals surface area contributed by atoms with Gasteiger partial charge in [0.15, 0.2) is 0 Å². The van der Waals surface area contributed by atoms with Crippen molar-refractivity contribution in [2.75, 3.05) is 0 Å². The Morgan fingerprint density at radius 2 is 1.00 bits per heavy atom. The van der Waals surface area contributed by atoms with Crippen LogP contribution >= 0.6 is 0 Å². The average molecular weight is 696 g/mol. The Balaban J connectivity index is 0.000000220. The summed E-state index contributed by atoms with van der Waals surface area (Å²) in [7, 11) is 0. The summed E-state index contributed by atoms with van der Waals surface area (Å²) in [5.74, 6) is 0. The predicted molar refractivity (Wildman–Crippen MR) is 197 cm³/mol. The van der Waals surface area contributed by atoms with Gasteiger partial charge in [-0.15, -0.1) is 49.0 Å². The van der Waals surface area contributed by atoms with Crippen LogP contribution in [0.15, 0.2) is 158 Å². The van der Waals surface area contributed by atoms with Crippen LogP contribution in [-0.4, -0.2) is 10.6 Å². The zero-order valence-electron chi connectivity index (χ0n) is 27.4. The zero-order chi connectivity index (χ0) is 32.2. The van der Waals surface area contributed by atoms with Crippen molar-refractivity contribution < 1.29 is 26.2 Å². The van der Waals surface area contributed by atoms with Gasteiger partial charge in [-0.2, -0.15) is 80.1 Å². The second-order valence-electron chi connectivity index (χ2n) is 11.4. The Hall–Kier alpha value is -3.95. The second-order valence-corrected chi connectivity index (χ2v) is 11.4. The molecule has 0 radical (unpaired) electrons. The van der Waals surface area contributed by atoms with Gasteiger partial charge in [0.2, 0.25) is 0 Å². The Kier molecular flexibility index (Phi) is 17.4. The first-order chi connectivity index (χ1) is 22.6. The molecule has 3 nitrogen and oxygen atoms in total. The number of benzene rings is 5. The molecule has 6 aromatic rings. The van der Waals surface area contributed by atoms with Gasteiger partial charge in [-0.05, 0) is 17.5 Å². The summed E-state index contributed by atoms with van der Waals surface area (Å²) in [6.07, 6.45) is 8.36. The average Bonchev–Trinajstić information content (AvgIpc) is 3.54. The minimum absolute atomic E-state index is 0. The summed E-state index contributed by atoms with van der Waals surface area (Å²) in [5, 5.41) is 11.4. The molecule has 242 valence electrons. The van der Waals surface area contributed by atoms with Crippen molar-refractivity contribution in [2.45, 2.75) is 51.0 Å². The van der Waals surface area contributed by atoms with Crippen molar-refractivity contribution >= 4 is 10.9 Å². The molecule has 0 aliphatic heterocycles. The fraction of sp³-hybridized carbons (Fsp3) is 0.186. The molecule has 0 N–H and O–H groups in total. The van der Waals surface area contributed by atoms with Gasteiger partial charge in [0.05, 0.1) is 0 Å². The van der Waals surface area contributed by atoms with E-state index >= 15 is 0 Å². The Morgan fingerprint density at radius 3 is 1.47 bits per heavy atom. The van der Waals surface area contributed by atoms with E-state index in [2.05, 4.69) is 86.1 Å². The number of para-hydroxylation sites is 1. The predicted octanol–water partition coefficient (Wildman–Crippen LogP) is 12.0. The number of aromatic nitrogens is 1. The quantitative estimate of drug-likeness (QED) is 0.155. The fourth-order valence-corrected chi connectivity index (χ4v) is 5.14. The molecule has 1 aliphatic rings. The first-order valence-corrected chi connectivity index (χ1v) is 16.2. The molecule has 1 aromatic heterocycles. The third-order valence-corrected chi connectivity index (χ3v) is 7.61. The molecule has 0 amide bonds. The van der Waals surface area contributed by atoms with Gasteiger partial charge in [-0.3, -0.25) is 0 Å². The van der Waals surface area contributed by atoms with Crippen molar-refractivity contribution in [1.82, 2.24) is 4.57 Å². The number of fused-ring (bicyclic) bond motifs is 1. The van der Waals surface area contributed by atoms with Crippen LogP contribution in [0.2, 0.25) is 0 Å². The summed E-state index contributed by atoms with van der Waals surface area (Å²) in [5.41, 5.74) is 5.67. The SMILES string of the molecule is [CH2-]c1ccccc1.[CH2-]c1ccccc1.[CH2-]c1ccccc1.[Zr].c1ccc(C[N-]C([N-]C2CCCCC2)n2ccc3ccccc32)cc1. The normalized spacial score (nSPS) is 12.9. The van der Waals surface area contributed by atoms with Gasteiger partial charge in [0.1, 0.15) is 0 Å². The van der Waals surface area contributed by atoms with Crippen molar-refractivity contribution in [3.8, 4) is 0 Å². The van der Waals surface area contributed by atoms with E-state index in [0.717, 1.165) is 16.7 Å². The zero-order valence-corrected chi connectivity index (χ0v) is 29.8. The van der Waals surface area contributed by atoms with Crippen molar-refractivity contribution in [3.63, 3.8) is 0 Å². The van der Waals surface area contributed by atoms with Gasteiger partial charge in [0.25, 0.3) is 0 Å². The molecule has 1 heterocycles. The first kappa shape index (κ1) is 37.5. The van der Waals surface area contributed by atoms with E-state index < -0.39 is 0 Å². The molecule has 1 atom stereocenters. The Morgan fingerprint density at radius 1 is 0.553 bits per heavy atom. The van der Waals surface area contributed by atoms with E-state index in [1.807, 2.05) is 97.1 Å². The van der Waals surface area contributed by atoms with Crippen LogP contribution in [0.5, 0.6) is 0 Å². The van der Waals surface area contributed by atoms with Crippen LogP contribution in [0.3, 0.4) is 0 Å². The number of nitrogens with zero attached hydrogens (tertiary/aromatic N) is 3. The summed E-state index contributed by atoms with van der Waals surface area (Å²) in [4.78, 5) is 0. The van der Waals surface area contributed by atoms with Gasteiger partial charge >= 0.3 is 0 Å². The van der Waals surface area contributed by atoms with Crippen LogP contribution in [-0.2, 0) is 32.7 Å². The van der Waals surface area contributed by atoms with Crippen LogP contribution in [0.1, 0.15) is 60.6 Å². The molecule has 0 saturated heterocycles. The summed E-state index contributed by atoms with van der Waals surface area (Å²) < 4.78 is 2.23. The van der Waals surface area contributed by atoms with Crippen LogP contribution < -0.4 is 0 Å². The molecular formula is C43H46N3Zr-5. The minimum atomic E-state index is -0.136. The second kappa shape index (κ2) is 21.8. The van der Waals surface area contributed by atoms with Gasteiger partial charge in [-0.1, -0.05) is 104 Å². The van der Waals surface area contributed by atoms with E-state index in [4.69, 9.17) is 10.6 Å². The molecule has 7 rings (SSSR count). The number of rotatable bonds is 6. The maximum atomic E-state index is 5.14. The van der Waals surface area contributed by atoms with E-state index in [0.29, 0.717) is 12.6 Å². The van der Waals surface area contributed by atoms with Crippen LogP contribution in [0.4, 0.5) is 0 Å². The third-order valence-electron chi connectivity index (χ3n) is 7.61. The Labute approximate surface area is 302 Å². The Bertz CT molecular complexity index is 1520. The topological polar surface area (TPSA) is 33.1 Å². The van der Waals surface area contributed by atoms with Gasteiger partial charge in [-0.25, -0.2) is 0 Å². The molecule has 1 aliphatic carbocycles. The number of hydrogen-bond donors (Lipinski definition) is 0. The van der Waals surface area contributed by atoms with Crippen molar-refractivity contribution in [2.24, 2.45) is 0 Å². The molecule has 1 fully saturated rings. The third kappa shape index (κ3) is 14.1. The maximum absolute atomic E-state index is 5.14. The van der Waals surface area contributed by atoms with Crippen LogP contribution in [0, 0.1) is 20.8 Å². The molecule has 0 spiro atoms. The molecule has 4 heteroatoms. The number of hydrogen-bond acceptors (Lipinski definition) is 0. The summed E-state index contributed by atoms with van der Waals surface area (Å²) >= 11 is 0. The smallest absolute Gasteiger partial charge is 0.0450 e. The van der Waals surface area contributed by atoms with Crippen molar-refractivity contribution in [3.05, 3.63) is 212 Å². The van der Waals surface area contributed by atoms with Crippen molar-refractivity contribution in [1.29, 1.82) is 0 Å². The molecule has 47 heavy (non-hydrogen) atoms. The van der Waals surface area contributed by atoms with E-state index in [1.165, 1.54) is 48.6 Å². The minimum Gasteiger partial charge on any atom is -0.658 e. The van der Waals surface area contributed by atoms with E-state index in [1.54, 1.807) is 0 Å². The summed E-state index contributed by atoms with van der Waals surface area (Å²) in [6, 6.07) is 51.2. The molecule has 5 aromatic carbocycles. The molecular weight excluding hydrogens is 650 g/mol.